The van der Waals surface area contributed by atoms with Crippen molar-refractivity contribution >= 4 is 18.0 Å². The van der Waals surface area contributed by atoms with Crippen molar-refractivity contribution in [2.45, 2.75) is 38.8 Å². The minimum absolute atomic E-state index is 0.193. The van der Waals surface area contributed by atoms with Gasteiger partial charge in [0.25, 0.3) is 5.91 Å². The zero-order chi connectivity index (χ0) is 16.5. The molecular weight excluding hydrogens is 292 g/mol. The first kappa shape index (κ1) is 15.8. The molecule has 1 aliphatic rings. The van der Waals surface area contributed by atoms with Crippen molar-refractivity contribution in [2.24, 2.45) is 0 Å². The molecule has 0 spiro atoms. The number of hydrogen-bond acceptors (Lipinski definition) is 6. The predicted molar refractivity (Wildman–Crippen MR) is 73.8 cm³/mol. The predicted octanol–water partition coefficient (Wildman–Crippen LogP) is 0.542. The van der Waals surface area contributed by atoms with E-state index in [1.807, 2.05) is 0 Å². The van der Waals surface area contributed by atoms with Crippen LogP contribution in [0.15, 0.2) is 10.8 Å². The quantitative estimate of drug-likeness (QED) is 0.700. The fourth-order valence-corrected chi connectivity index (χ4v) is 2.12. The Balaban J connectivity index is 2.21. The number of aromatic nitrogens is 1. The molecule has 1 atom stereocenters. The molecule has 0 radical (unpaired) electrons. The lowest BCUT2D eigenvalue weighted by atomic mass is 9.90. The Labute approximate surface area is 126 Å². The largest absolute Gasteiger partial charge is 0.444 e. The number of imide groups is 1. The molecule has 0 aliphatic carbocycles. The van der Waals surface area contributed by atoms with Gasteiger partial charge in [-0.1, -0.05) is 5.16 Å². The molecule has 9 heteroatoms. The minimum Gasteiger partial charge on any atom is -0.444 e. The highest BCUT2D eigenvalue weighted by atomic mass is 16.6. The molecule has 2 rings (SSSR count). The molecule has 2 heterocycles. The SMILES string of the molecule is Cc1nocc1[C@]1(CNC(=O)OC(C)(C)C)NC(=O)NC1=O. The molecule has 22 heavy (non-hydrogen) atoms. The van der Waals surface area contributed by atoms with E-state index in [0.29, 0.717) is 11.3 Å². The molecule has 1 fully saturated rings. The van der Waals surface area contributed by atoms with Crippen LogP contribution in [0.5, 0.6) is 0 Å². The molecular formula is C13H18N4O5. The van der Waals surface area contributed by atoms with Gasteiger partial charge in [0, 0.05) is 0 Å². The van der Waals surface area contributed by atoms with Crippen LogP contribution >= 0.6 is 0 Å². The van der Waals surface area contributed by atoms with Crippen LogP contribution in [0.3, 0.4) is 0 Å². The smallest absolute Gasteiger partial charge is 0.407 e. The highest BCUT2D eigenvalue weighted by molar-refractivity contribution is 6.07. The molecule has 4 amide bonds. The molecule has 3 N–H and O–H groups in total. The third-order valence-corrected chi connectivity index (χ3v) is 3.05. The second-order valence-electron chi connectivity index (χ2n) is 5.98. The standard InChI is InChI=1S/C13H18N4O5/c1-7-8(5-21-17-7)13(9(18)15-10(19)16-13)6-14-11(20)22-12(2,3)4/h5H,6H2,1-4H3,(H,14,20)(H2,15,16,18,19)/t13-/m0/s1. The number of rotatable bonds is 3. The van der Waals surface area contributed by atoms with E-state index in [1.54, 1.807) is 27.7 Å². The number of ether oxygens (including phenoxy) is 1. The second-order valence-corrected chi connectivity index (χ2v) is 5.98. The van der Waals surface area contributed by atoms with E-state index in [0.717, 1.165) is 0 Å². The van der Waals surface area contributed by atoms with Crippen molar-refractivity contribution in [3.05, 3.63) is 17.5 Å². The highest BCUT2D eigenvalue weighted by Crippen LogP contribution is 2.27. The molecule has 0 aromatic carbocycles. The molecule has 0 unspecified atom stereocenters. The van der Waals surface area contributed by atoms with E-state index >= 15 is 0 Å². The summed E-state index contributed by atoms with van der Waals surface area (Å²) in [6.07, 6.45) is 0.562. The molecule has 1 saturated heterocycles. The van der Waals surface area contributed by atoms with E-state index in [2.05, 4.69) is 21.1 Å². The van der Waals surface area contributed by atoms with Gasteiger partial charge in [-0.05, 0) is 27.7 Å². The molecule has 1 aromatic heterocycles. The van der Waals surface area contributed by atoms with Gasteiger partial charge in [-0.15, -0.1) is 0 Å². The maximum atomic E-state index is 12.2. The monoisotopic (exact) mass is 310 g/mol. The van der Waals surface area contributed by atoms with Gasteiger partial charge < -0.3 is 19.9 Å². The van der Waals surface area contributed by atoms with Gasteiger partial charge in [-0.3, -0.25) is 10.1 Å². The van der Waals surface area contributed by atoms with Gasteiger partial charge >= 0.3 is 12.1 Å². The summed E-state index contributed by atoms with van der Waals surface area (Å²) in [7, 11) is 0. The Morgan fingerprint density at radius 1 is 1.45 bits per heavy atom. The zero-order valence-electron chi connectivity index (χ0n) is 12.8. The van der Waals surface area contributed by atoms with E-state index in [-0.39, 0.29) is 6.54 Å². The molecule has 1 aromatic rings. The van der Waals surface area contributed by atoms with Crippen molar-refractivity contribution < 1.29 is 23.6 Å². The number of alkyl carbamates (subject to hydrolysis) is 1. The Morgan fingerprint density at radius 3 is 2.59 bits per heavy atom. The molecule has 1 aliphatic heterocycles. The van der Waals surface area contributed by atoms with E-state index in [1.165, 1.54) is 6.26 Å². The fraction of sp³-hybridized carbons (Fsp3) is 0.538. The minimum atomic E-state index is -1.47. The van der Waals surface area contributed by atoms with Crippen molar-refractivity contribution in [1.82, 2.24) is 21.1 Å². The lowest BCUT2D eigenvalue weighted by Gasteiger charge is -2.26. The van der Waals surface area contributed by atoms with E-state index < -0.39 is 29.2 Å². The molecule has 120 valence electrons. The summed E-state index contributed by atoms with van der Waals surface area (Å²) in [5.74, 6) is -0.597. The molecule has 0 saturated carbocycles. The highest BCUT2D eigenvalue weighted by Gasteiger charge is 2.50. The van der Waals surface area contributed by atoms with Crippen molar-refractivity contribution in [3.8, 4) is 0 Å². The summed E-state index contributed by atoms with van der Waals surface area (Å²) < 4.78 is 9.95. The number of aryl methyl sites for hydroxylation is 1. The lowest BCUT2D eigenvalue weighted by Crippen LogP contribution is -2.53. The third kappa shape index (κ3) is 3.02. The first-order chi connectivity index (χ1) is 10.1. The summed E-state index contributed by atoms with van der Waals surface area (Å²) in [4.78, 5) is 35.5. The number of amides is 4. The van der Waals surface area contributed by atoms with Gasteiger partial charge in [-0.2, -0.15) is 0 Å². The van der Waals surface area contributed by atoms with Crippen LogP contribution in [0.1, 0.15) is 32.0 Å². The Kier molecular flexibility index (Phi) is 3.82. The first-order valence-corrected chi connectivity index (χ1v) is 6.66. The second kappa shape index (κ2) is 5.32. The molecule has 0 bridgehead atoms. The Bertz CT molecular complexity index is 618. The Hall–Kier alpha value is -2.58. The van der Waals surface area contributed by atoms with Crippen molar-refractivity contribution in [2.75, 3.05) is 6.54 Å². The number of carbonyl (C=O) groups excluding carboxylic acids is 3. The van der Waals surface area contributed by atoms with Gasteiger partial charge in [0.2, 0.25) is 0 Å². The average molecular weight is 310 g/mol. The summed E-state index contributed by atoms with van der Waals surface area (Å²) >= 11 is 0. The Morgan fingerprint density at radius 2 is 2.14 bits per heavy atom. The normalized spacial score (nSPS) is 21.3. The van der Waals surface area contributed by atoms with Crippen molar-refractivity contribution in [3.63, 3.8) is 0 Å². The van der Waals surface area contributed by atoms with Crippen LogP contribution in [0.2, 0.25) is 0 Å². The van der Waals surface area contributed by atoms with Crippen LogP contribution in [-0.4, -0.2) is 35.3 Å². The van der Waals surface area contributed by atoms with Gasteiger partial charge in [0.1, 0.15) is 11.9 Å². The van der Waals surface area contributed by atoms with Crippen LogP contribution in [0, 0.1) is 6.92 Å². The lowest BCUT2D eigenvalue weighted by molar-refractivity contribution is -0.124. The van der Waals surface area contributed by atoms with Gasteiger partial charge in [-0.25, -0.2) is 9.59 Å². The van der Waals surface area contributed by atoms with Crippen LogP contribution in [0.25, 0.3) is 0 Å². The van der Waals surface area contributed by atoms with Gasteiger partial charge in [0.05, 0.1) is 17.8 Å². The maximum absolute atomic E-state index is 12.2. The summed E-state index contributed by atoms with van der Waals surface area (Å²) in [5, 5.41) is 10.8. The number of hydrogen-bond donors (Lipinski definition) is 3. The number of carbonyl (C=O) groups is 3. The third-order valence-electron chi connectivity index (χ3n) is 3.05. The van der Waals surface area contributed by atoms with Crippen molar-refractivity contribution in [1.29, 1.82) is 0 Å². The number of nitrogens with one attached hydrogen (secondary N) is 3. The number of nitrogens with zero attached hydrogens (tertiary/aromatic N) is 1. The number of urea groups is 1. The van der Waals surface area contributed by atoms with Crippen LogP contribution < -0.4 is 16.0 Å². The first-order valence-electron chi connectivity index (χ1n) is 6.66. The maximum Gasteiger partial charge on any atom is 0.407 e. The zero-order valence-corrected chi connectivity index (χ0v) is 12.8. The van der Waals surface area contributed by atoms with E-state index in [4.69, 9.17) is 9.26 Å². The molecule has 9 nitrogen and oxygen atoms in total. The summed E-state index contributed by atoms with van der Waals surface area (Å²) in [6.45, 7) is 6.59. The summed E-state index contributed by atoms with van der Waals surface area (Å²) in [6, 6.07) is -0.656. The topological polar surface area (TPSA) is 123 Å². The van der Waals surface area contributed by atoms with E-state index in [9.17, 15) is 14.4 Å². The summed E-state index contributed by atoms with van der Waals surface area (Å²) in [5.41, 5.74) is -1.35. The van der Waals surface area contributed by atoms with Crippen LogP contribution in [0.4, 0.5) is 9.59 Å². The van der Waals surface area contributed by atoms with Gasteiger partial charge in [0.15, 0.2) is 5.54 Å². The average Bonchev–Trinajstić information content (AvgIpc) is 2.89. The fourth-order valence-electron chi connectivity index (χ4n) is 2.12. The van der Waals surface area contributed by atoms with Crippen LogP contribution in [-0.2, 0) is 15.1 Å².